The number of hydrogen-bond donors (Lipinski definition) is 0. The van der Waals surface area contributed by atoms with Crippen molar-refractivity contribution in [3.05, 3.63) is 59.6 Å². The second-order valence-electron chi connectivity index (χ2n) is 6.24. The Morgan fingerprint density at radius 2 is 1.88 bits per heavy atom. The summed E-state index contributed by atoms with van der Waals surface area (Å²) in [5, 5.41) is 0. The third-order valence-corrected chi connectivity index (χ3v) is 4.26. The Kier molecular flexibility index (Phi) is 5.56. The molecule has 0 unspecified atom stereocenters. The highest BCUT2D eigenvalue weighted by Crippen LogP contribution is 2.17. The molecule has 0 bridgehead atoms. The number of benzene rings is 1. The van der Waals surface area contributed by atoms with Crippen molar-refractivity contribution < 1.29 is 13.9 Å². The molecule has 0 radical (unpaired) electrons. The Balaban J connectivity index is 1.55. The van der Waals surface area contributed by atoms with Crippen molar-refractivity contribution in [2.75, 3.05) is 38.3 Å². The maximum absolute atomic E-state index is 12.2. The topological polar surface area (TPSA) is 45.9 Å². The third kappa shape index (κ3) is 4.73. The van der Waals surface area contributed by atoms with Crippen LogP contribution in [0.4, 0.5) is 5.69 Å². The van der Waals surface area contributed by atoms with Gasteiger partial charge < -0.3 is 19.0 Å². The molecule has 2 aromatic rings. The van der Waals surface area contributed by atoms with Gasteiger partial charge in [0, 0.05) is 38.4 Å². The van der Waals surface area contributed by atoms with Gasteiger partial charge in [0.2, 0.25) is 5.91 Å². The number of rotatable bonds is 5. The number of carbonyl (C=O) groups excluding carboxylic acids is 1. The van der Waals surface area contributed by atoms with Gasteiger partial charge in [-0.1, -0.05) is 12.1 Å². The predicted molar refractivity (Wildman–Crippen MR) is 98.4 cm³/mol. The van der Waals surface area contributed by atoms with Crippen LogP contribution in [0.1, 0.15) is 17.1 Å². The Labute approximate surface area is 148 Å². The first-order valence-corrected chi connectivity index (χ1v) is 8.53. The van der Waals surface area contributed by atoms with Crippen LogP contribution in [0.3, 0.4) is 0 Å². The molecule has 0 atom stereocenters. The van der Waals surface area contributed by atoms with E-state index in [1.165, 1.54) is 5.69 Å². The first-order valence-electron chi connectivity index (χ1n) is 8.53. The smallest absolute Gasteiger partial charge is 0.246 e. The van der Waals surface area contributed by atoms with E-state index in [4.69, 9.17) is 9.15 Å². The van der Waals surface area contributed by atoms with E-state index in [-0.39, 0.29) is 5.91 Å². The molecule has 5 heteroatoms. The van der Waals surface area contributed by atoms with Crippen LogP contribution in [0, 0.1) is 6.92 Å². The lowest BCUT2D eigenvalue weighted by atomic mass is 10.1. The van der Waals surface area contributed by atoms with Crippen molar-refractivity contribution in [1.29, 1.82) is 0 Å². The third-order valence-electron chi connectivity index (χ3n) is 4.26. The second-order valence-corrected chi connectivity index (χ2v) is 6.24. The van der Waals surface area contributed by atoms with Gasteiger partial charge >= 0.3 is 0 Å². The van der Waals surface area contributed by atoms with Crippen LogP contribution in [-0.4, -0.2) is 44.2 Å². The molecule has 2 heterocycles. The van der Waals surface area contributed by atoms with E-state index in [1.807, 2.05) is 19.1 Å². The van der Waals surface area contributed by atoms with Gasteiger partial charge in [0.1, 0.15) is 11.5 Å². The highest BCUT2D eigenvalue weighted by molar-refractivity contribution is 5.91. The second kappa shape index (κ2) is 8.03. The summed E-state index contributed by atoms with van der Waals surface area (Å²) in [5.41, 5.74) is 2.31. The number of aryl methyl sites for hydroxylation is 1. The van der Waals surface area contributed by atoms with E-state index in [0.29, 0.717) is 12.3 Å². The molecule has 1 saturated heterocycles. The molecule has 1 aliphatic heterocycles. The summed E-state index contributed by atoms with van der Waals surface area (Å²) >= 11 is 0. The zero-order valence-corrected chi connectivity index (χ0v) is 14.8. The summed E-state index contributed by atoms with van der Waals surface area (Å²) in [5.74, 6) is 1.47. The number of furan rings is 1. The summed E-state index contributed by atoms with van der Waals surface area (Å²) < 4.78 is 10.8. The van der Waals surface area contributed by atoms with Gasteiger partial charge in [-0.25, -0.2) is 0 Å². The van der Waals surface area contributed by atoms with Crippen molar-refractivity contribution in [2.24, 2.45) is 0 Å². The van der Waals surface area contributed by atoms with Gasteiger partial charge in [-0.15, -0.1) is 0 Å². The minimum atomic E-state index is -0.0497. The van der Waals surface area contributed by atoms with Crippen molar-refractivity contribution in [2.45, 2.75) is 13.5 Å². The fourth-order valence-electron chi connectivity index (χ4n) is 2.81. The Morgan fingerprint density at radius 3 is 2.52 bits per heavy atom. The summed E-state index contributed by atoms with van der Waals surface area (Å²) in [7, 11) is 1.80. The molecular formula is C20H24N2O3. The van der Waals surface area contributed by atoms with Gasteiger partial charge in [-0.05, 0) is 42.8 Å². The van der Waals surface area contributed by atoms with Crippen LogP contribution in [0.25, 0.3) is 6.08 Å². The molecule has 1 aromatic heterocycles. The van der Waals surface area contributed by atoms with Crippen molar-refractivity contribution in [1.82, 2.24) is 4.90 Å². The first-order chi connectivity index (χ1) is 12.1. The fraction of sp³-hybridized carbons (Fsp3) is 0.350. The minimum Gasteiger partial charge on any atom is -0.462 e. The maximum Gasteiger partial charge on any atom is 0.246 e. The normalized spacial score (nSPS) is 14.9. The number of amides is 1. The van der Waals surface area contributed by atoms with E-state index in [0.717, 1.165) is 37.6 Å². The molecule has 0 saturated carbocycles. The van der Waals surface area contributed by atoms with Crippen LogP contribution >= 0.6 is 0 Å². The van der Waals surface area contributed by atoms with E-state index < -0.39 is 0 Å². The standard InChI is InChI=1S/C20H24N2O3/c1-16-3-8-19(25-16)9-10-20(23)21(2)15-17-4-6-18(7-5-17)22-11-13-24-14-12-22/h3-10H,11-15H2,1-2H3/b10-9+. The lowest BCUT2D eigenvalue weighted by Crippen LogP contribution is -2.36. The fourth-order valence-corrected chi connectivity index (χ4v) is 2.81. The first kappa shape index (κ1) is 17.3. The zero-order chi connectivity index (χ0) is 17.6. The molecule has 0 aliphatic carbocycles. The lowest BCUT2D eigenvalue weighted by molar-refractivity contribution is -0.125. The summed E-state index contributed by atoms with van der Waals surface area (Å²) in [4.78, 5) is 16.2. The Bertz CT molecular complexity index is 728. The molecule has 1 aromatic carbocycles. The SMILES string of the molecule is Cc1ccc(/C=C/C(=O)N(C)Cc2ccc(N3CCOCC3)cc2)o1. The molecular weight excluding hydrogens is 316 g/mol. The number of morpholine rings is 1. The highest BCUT2D eigenvalue weighted by atomic mass is 16.5. The number of anilines is 1. The largest absolute Gasteiger partial charge is 0.462 e. The zero-order valence-electron chi connectivity index (χ0n) is 14.8. The monoisotopic (exact) mass is 340 g/mol. The molecule has 0 spiro atoms. The molecule has 0 N–H and O–H groups in total. The molecule has 1 fully saturated rings. The quantitative estimate of drug-likeness (QED) is 0.785. The number of likely N-dealkylation sites (N-methyl/N-ethyl adjacent to an activating group) is 1. The molecule has 132 valence electrons. The van der Waals surface area contributed by atoms with Crippen LogP contribution in [0.2, 0.25) is 0 Å². The van der Waals surface area contributed by atoms with Gasteiger partial charge in [-0.2, -0.15) is 0 Å². The van der Waals surface area contributed by atoms with Crippen LogP contribution in [0.15, 0.2) is 46.9 Å². The predicted octanol–water partition coefficient (Wildman–Crippen LogP) is 3.10. The van der Waals surface area contributed by atoms with Crippen molar-refractivity contribution in [3.8, 4) is 0 Å². The number of hydrogen-bond acceptors (Lipinski definition) is 4. The van der Waals surface area contributed by atoms with E-state index in [2.05, 4.69) is 29.2 Å². The molecule has 25 heavy (non-hydrogen) atoms. The van der Waals surface area contributed by atoms with Crippen molar-refractivity contribution in [3.63, 3.8) is 0 Å². The van der Waals surface area contributed by atoms with Gasteiger partial charge in [0.05, 0.1) is 13.2 Å². The van der Waals surface area contributed by atoms with E-state index >= 15 is 0 Å². The molecule has 1 amide bonds. The molecule has 5 nitrogen and oxygen atoms in total. The van der Waals surface area contributed by atoms with Crippen LogP contribution < -0.4 is 4.90 Å². The van der Waals surface area contributed by atoms with Gasteiger partial charge in [0.15, 0.2) is 0 Å². The highest BCUT2D eigenvalue weighted by Gasteiger charge is 2.11. The average Bonchev–Trinajstić information content (AvgIpc) is 3.06. The van der Waals surface area contributed by atoms with Crippen molar-refractivity contribution >= 4 is 17.7 Å². The Morgan fingerprint density at radius 1 is 1.16 bits per heavy atom. The molecule has 3 rings (SSSR count). The summed E-state index contributed by atoms with van der Waals surface area (Å²) in [6, 6.07) is 12.1. The van der Waals surface area contributed by atoms with Gasteiger partial charge in [0.25, 0.3) is 0 Å². The van der Waals surface area contributed by atoms with Gasteiger partial charge in [-0.3, -0.25) is 4.79 Å². The number of carbonyl (C=O) groups is 1. The minimum absolute atomic E-state index is 0.0497. The molecule has 1 aliphatic rings. The van der Waals surface area contributed by atoms with E-state index in [1.54, 1.807) is 24.1 Å². The summed E-state index contributed by atoms with van der Waals surface area (Å²) in [6.45, 7) is 5.86. The maximum atomic E-state index is 12.2. The average molecular weight is 340 g/mol. The Hall–Kier alpha value is -2.53. The summed E-state index contributed by atoms with van der Waals surface area (Å²) in [6.07, 6.45) is 3.24. The van der Waals surface area contributed by atoms with E-state index in [9.17, 15) is 4.79 Å². The van der Waals surface area contributed by atoms with Crippen LogP contribution in [0.5, 0.6) is 0 Å². The lowest BCUT2D eigenvalue weighted by Gasteiger charge is -2.29. The number of nitrogens with zero attached hydrogens (tertiary/aromatic N) is 2. The number of ether oxygens (including phenoxy) is 1. The van der Waals surface area contributed by atoms with Crippen LogP contribution in [-0.2, 0) is 16.1 Å².